The van der Waals surface area contributed by atoms with Crippen LogP contribution in [0.3, 0.4) is 0 Å². The Morgan fingerprint density at radius 2 is 1.31 bits per heavy atom. The number of carboxylic acids is 1. The minimum atomic E-state index is -1.68. The molecule has 0 radical (unpaired) electrons. The molecule has 5 atom stereocenters. The lowest BCUT2D eigenvalue weighted by Crippen LogP contribution is -2.67. The maximum Gasteiger partial charge on any atom is 0.329 e. The summed E-state index contributed by atoms with van der Waals surface area (Å²) in [4.78, 5) is 12.0. The van der Waals surface area contributed by atoms with Crippen LogP contribution < -0.4 is 4.74 Å². The molecule has 0 spiro atoms. The average Bonchev–Trinajstić information content (AvgIpc) is 3.55. The Balaban J connectivity index is 1.32. The van der Waals surface area contributed by atoms with Crippen LogP contribution in [-0.2, 0) is 65.2 Å². The van der Waals surface area contributed by atoms with E-state index in [1.807, 2.05) is 140 Å². The molecule has 2 saturated heterocycles. The summed E-state index contributed by atoms with van der Waals surface area (Å²) < 4.78 is 46.0. The number of aliphatic carboxylic acids is 1. The van der Waals surface area contributed by atoms with E-state index in [0.29, 0.717) is 23.6 Å². The van der Waals surface area contributed by atoms with Crippen molar-refractivity contribution >= 4 is 17.6 Å². The Labute approximate surface area is 320 Å². The Morgan fingerprint density at radius 1 is 0.741 bits per heavy atom. The van der Waals surface area contributed by atoms with Crippen LogP contribution in [0.1, 0.15) is 40.3 Å². The van der Waals surface area contributed by atoms with Gasteiger partial charge in [0.2, 0.25) is 11.6 Å². The third kappa shape index (κ3) is 8.53. The minimum absolute atomic E-state index is 0.160. The molecule has 0 aromatic heterocycles. The summed E-state index contributed by atoms with van der Waals surface area (Å²) >= 11 is 6.85. The van der Waals surface area contributed by atoms with E-state index >= 15 is 0 Å². The Morgan fingerprint density at radius 3 is 1.89 bits per heavy atom. The first kappa shape index (κ1) is 37.7. The first-order chi connectivity index (χ1) is 26.4. The van der Waals surface area contributed by atoms with Gasteiger partial charge in [0, 0.05) is 10.6 Å². The smallest absolute Gasteiger partial charge is 0.329 e. The van der Waals surface area contributed by atoms with Gasteiger partial charge in [-0.1, -0.05) is 121 Å². The van der Waals surface area contributed by atoms with Crippen molar-refractivity contribution in [3.05, 3.63) is 172 Å². The quantitative estimate of drug-likeness (QED) is 0.101. The summed E-state index contributed by atoms with van der Waals surface area (Å²) in [5.41, 5.74) is 5.24. The summed E-state index contributed by atoms with van der Waals surface area (Å²) in [6.45, 7) is 2.29. The first-order valence-corrected chi connectivity index (χ1v) is 18.4. The molecule has 0 unspecified atom stereocenters. The molecule has 2 bridgehead atoms. The molecule has 5 aromatic rings. The molecule has 0 saturated carbocycles. The fourth-order valence-electron chi connectivity index (χ4n) is 6.98. The summed E-state index contributed by atoms with van der Waals surface area (Å²) in [6, 6.07) is 42.8. The molecule has 5 aromatic carbocycles. The van der Waals surface area contributed by atoms with E-state index < -0.39 is 42.5 Å². The van der Waals surface area contributed by atoms with Gasteiger partial charge in [-0.25, -0.2) is 4.79 Å². The zero-order valence-electron chi connectivity index (χ0n) is 30.0. The molecule has 1 N–H and O–H groups in total. The predicted molar refractivity (Wildman–Crippen MR) is 202 cm³/mol. The molecule has 54 heavy (non-hydrogen) atoms. The van der Waals surface area contributed by atoms with Crippen LogP contribution in [0.15, 0.2) is 133 Å². The molecule has 2 aliphatic rings. The van der Waals surface area contributed by atoms with Crippen molar-refractivity contribution in [1.29, 1.82) is 0 Å². The number of halogens is 1. The van der Waals surface area contributed by atoms with Crippen LogP contribution in [0.25, 0.3) is 0 Å². The molecule has 0 aliphatic carbocycles. The van der Waals surface area contributed by atoms with Crippen LogP contribution in [0.5, 0.6) is 5.75 Å². The van der Waals surface area contributed by atoms with Crippen molar-refractivity contribution in [3.8, 4) is 5.75 Å². The molecular weight excluding hydrogens is 708 g/mol. The third-order valence-electron chi connectivity index (χ3n) is 9.56. The molecule has 9 nitrogen and oxygen atoms in total. The maximum atomic E-state index is 12.0. The number of carbonyl (C=O) groups is 1. The lowest BCUT2D eigenvalue weighted by molar-refractivity contribution is -0.396. The highest BCUT2D eigenvalue weighted by Crippen LogP contribution is 2.53. The molecular formula is C44H43ClO9. The normalized spacial score (nSPS) is 23.3. The lowest BCUT2D eigenvalue weighted by atomic mass is 9.86. The van der Waals surface area contributed by atoms with Crippen LogP contribution in [-0.4, -0.2) is 55.0 Å². The van der Waals surface area contributed by atoms with Crippen molar-refractivity contribution in [2.24, 2.45) is 0 Å². The Bertz CT molecular complexity index is 1960. The fourth-order valence-corrected chi connectivity index (χ4v) is 7.16. The second-order valence-electron chi connectivity index (χ2n) is 13.3. The number of hydrogen-bond acceptors (Lipinski definition) is 8. The summed E-state index contributed by atoms with van der Waals surface area (Å²) in [7, 11) is 0. The van der Waals surface area contributed by atoms with Crippen molar-refractivity contribution in [3.63, 3.8) is 0 Å². The second-order valence-corrected chi connectivity index (χ2v) is 13.7. The van der Waals surface area contributed by atoms with E-state index in [2.05, 4.69) is 0 Å². The number of carboxylic acid groups (broad SMARTS) is 1. The Kier molecular flexibility index (Phi) is 12.1. The Hall–Kier alpha value is -4.58. The van der Waals surface area contributed by atoms with E-state index in [0.717, 1.165) is 33.6 Å². The van der Waals surface area contributed by atoms with Gasteiger partial charge in [-0.05, 0) is 65.4 Å². The third-order valence-corrected chi connectivity index (χ3v) is 9.93. The molecule has 2 fully saturated rings. The summed E-state index contributed by atoms with van der Waals surface area (Å²) in [5, 5.41) is 10.4. The average molecular weight is 751 g/mol. The van der Waals surface area contributed by atoms with E-state index in [-0.39, 0.29) is 26.4 Å². The highest BCUT2D eigenvalue weighted by Gasteiger charge is 2.70. The van der Waals surface area contributed by atoms with Crippen molar-refractivity contribution in [1.82, 2.24) is 0 Å². The van der Waals surface area contributed by atoms with Crippen molar-refractivity contribution < 1.29 is 43.1 Å². The van der Waals surface area contributed by atoms with Gasteiger partial charge in [-0.15, -0.1) is 0 Å². The number of fused-ring (bicyclic) bond motifs is 2. The number of ether oxygens (including phenoxy) is 7. The number of benzene rings is 5. The molecule has 10 heteroatoms. The molecule has 0 amide bonds. The highest BCUT2D eigenvalue weighted by atomic mass is 35.5. The maximum absolute atomic E-state index is 12.0. The molecule has 7 rings (SSSR count). The predicted octanol–water partition coefficient (Wildman–Crippen LogP) is 8.10. The largest absolute Gasteiger partial charge is 0.494 e. The zero-order chi connectivity index (χ0) is 37.4. The van der Waals surface area contributed by atoms with Gasteiger partial charge >= 0.3 is 5.97 Å². The van der Waals surface area contributed by atoms with Gasteiger partial charge in [-0.3, -0.25) is 0 Å². The molecule has 280 valence electrons. The topological polar surface area (TPSA) is 102 Å². The first-order valence-electron chi connectivity index (χ1n) is 18.0. The number of rotatable bonds is 17. The van der Waals surface area contributed by atoms with Crippen molar-refractivity contribution in [2.45, 2.75) is 63.1 Å². The van der Waals surface area contributed by atoms with Gasteiger partial charge in [-0.2, -0.15) is 0 Å². The standard InChI is InChI=1S/C44H43ClO9/c1-2-48-37-21-18-31(19-22-37)24-35-25-36(20-23-38(35)45)44-42(51-28-34-16-10-5-11-17-34)40(49-26-32-12-6-3-7-13-32)41(50-27-33-14-8-4-9-15-33)43(54-44,30-53-44)52-29-39(46)47/h3-23,25,40-42H,2,24,26-30H2,1H3,(H,46,47)/t40-,41-,42+,43-,44-/m0/s1. The summed E-state index contributed by atoms with van der Waals surface area (Å²) in [6.07, 6.45) is -2.26. The summed E-state index contributed by atoms with van der Waals surface area (Å²) in [5.74, 6) is -3.67. The van der Waals surface area contributed by atoms with Gasteiger partial charge in [0.15, 0.2) is 0 Å². The van der Waals surface area contributed by atoms with Gasteiger partial charge < -0.3 is 38.3 Å². The van der Waals surface area contributed by atoms with E-state index in [4.69, 9.17) is 44.8 Å². The fraction of sp³-hybridized carbons (Fsp3) is 0.295. The number of hydrogen-bond donors (Lipinski definition) is 1. The van der Waals surface area contributed by atoms with Crippen LogP contribution in [0, 0.1) is 0 Å². The molecule has 2 aliphatic heterocycles. The molecule has 2 heterocycles. The van der Waals surface area contributed by atoms with Crippen LogP contribution in [0.4, 0.5) is 0 Å². The van der Waals surface area contributed by atoms with E-state index in [1.54, 1.807) is 0 Å². The highest BCUT2D eigenvalue weighted by molar-refractivity contribution is 6.31. The van der Waals surface area contributed by atoms with Crippen LogP contribution >= 0.6 is 11.6 Å². The van der Waals surface area contributed by atoms with Gasteiger partial charge in [0.25, 0.3) is 0 Å². The van der Waals surface area contributed by atoms with Crippen molar-refractivity contribution in [2.75, 3.05) is 19.8 Å². The minimum Gasteiger partial charge on any atom is -0.494 e. The van der Waals surface area contributed by atoms with Gasteiger partial charge in [0.1, 0.15) is 37.3 Å². The zero-order valence-corrected chi connectivity index (χ0v) is 30.7. The van der Waals surface area contributed by atoms with Gasteiger partial charge in [0.05, 0.1) is 26.4 Å². The van der Waals surface area contributed by atoms with Crippen LogP contribution in [0.2, 0.25) is 5.02 Å². The SMILES string of the molecule is CCOc1ccc(Cc2cc([C@]34OC[C@](OCC(=O)O)(O3)[C@@H](OCc3ccccc3)[C@H](OCc3ccccc3)[C@H]4OCc3ccccc3)ccc2Cl)cc1. The lowest BCUT2D eigenvalue weighted by Gasteiger charge is -2.50. The second kappa shape index (κ2) is 17.3. The van der Waals surface area contributed by atoms with E-state index in [9.17, 15) is 9.90 Å². The monoisotopic (exact) mass is 750 g/mol. The van der Waals surface area contributed by atoms with E-state index in [1.165, 1.54) is 0 Å².